The summed E-state index contributed by atoms with van der Waals surface area (Å²) in [4.78, 5) is 10.3. The first kappa shape index (κ1) is 36.0. The molecule has 4 aliphatic carbocycles. The molecule has 0 saturated carbocycles. The summed E-state index contributed by atoms with van der Waals surface area (Å²) in [6, 6.07) is 76.2. The minimum absolute atomic E-state index is 0.217. The molecule has 9 aromatic rings. The van der Waals surface area contributed by atoms with Crippen molar-refractivity contribution in [3.8, 4) is 56.2 Å². The molecule has 2 heteroatoms. The van der Waals surface area contributed by atoms with E-state index in [9.17, 15) is 0 Å². The van der Waals surface area contributed by atoms with Crippen molar-refractivity contribution < 1.29 is 0 Å². The van der Waals surface area contributed by atoms with E-state index in [4.69, 9.17) is 9.97 Å². The van der Waals surface area contributed by atoms with Crippen molar-refractivity contribution in [3.05, 3.63) is 269 Å². The third kappa shape index (κ3) is 4.78. The molecule has 0 N–H and O–H groups in total. The first-order valence-electron chi connectivity index (χ1n) is 22.1. The molecule has 8 aromatic carbocycles. The standard InChI is InChI=1S/C61H42N2/c1-59-37-17-16-25-48(59)47-24-10-13-28-51(47)61(59)53-30-15-14-29-52(53)60(49-26-11-8-22-45(49)46-23-9-12-27-50(46)60)55-38-44(35-36-54(55)61)40-31-33-43(34-32-40)58-62-56(41-18-4-2-5-19-41)39-57(63-58)42-20-6-3-7-21-42/h2-36,38-39H,37H2,1H3. The van der Waals surface area contributed by atoms with E-state index in [1.807, 2.05) is 12.1 Å². The van der Waals surface area contributed by atoms with Crippen LogP contribution in [-0.2, 0) is 10.8 Å². The molecule has 2 nitrogen and oxygen atoms in total. The van der Waals surface area contributed by atoms with Crippen LogP contribution in [0.2, 0.25) is 0 Å². The average Bonchev–Trinajstić information content (AvgIpc) is 3.78. The maximum absolute atomic E-state index is 5.15. The number of aromatic nitrogens is 2. The fourth-order valence-electron chi connectivity index (χ4n) is 12.2. The summed E-state index contributed by atoms with van der Waals surface area (Å²) in [5.74, 6) is 0.711. The lowest BCUT2D eigenvalue weighted by Gasteiger charge is -2.54. The molecule has 1 heterocycles. The molecular formula is C61H42N2. The Labute approximate surface area is 368 Å². The number of fused-ring (bicyclic) bond motifs is 16. The first-order chi connectivity index (χ1) is 31.1. The van der Waals surface area contributed by atoms with Crippen molar-refractivity contribution in [1.29, 1.82) is 0 Å². The first-order valence-corrected chi connectivity index (χ1v) is 22.1. The lowest BCUT2D eigenvalue weighted by atomic mass is 9.46. The Balaban J connectivity index is 1.05. The number of benzene rings is 8. The number of allylic oxidation sites excluding steroid dienone is 4. The summed E-state index contributed by atoms with van der Waals surface area (Å²) >= 11 is 0. The average molecular weight is 803 g/mol. The van der Waals surface area contributed by atoms with Gasteiger partial charge >= 0.3 is 0 Å². The molecule has 13 rings (SSSR count). The Morgan fingerprint density at radius 3 is 1.51 bits per heavy atom. The summed E-state index contributed by atoms with van der Waals surface area (Å²) in [5.41, 5.74) is 21.1. The van der Waals surface area contributed by atoms with Crippen molar-refractivity contribution in [2.75, 3.05) is 0 Å². The topological polar surface area (TPSA) is 25.8 Å². The summed E-state index contributed by atoms with van der Waals surface area (Å²) in [7, 11) is 0. The van der Waals surface area contributed by atoms with Crippen LogP contribution >= 0.6 is 0 Å². The van der Waals surface area contributed by atoms with Gasteiger partial charge in [0.05, 0.1) is 22.2 Å². The summed E-state index contributed by atoms with van der Waals surface area (Å²) < 4.78 is 0. The minimum atomic E-state index is -0.526. The molecule has 0 saturated heterocycles. The zero-order valence-electron chi connectivity index (χ0n) is 35.0. The van der Waals surface area contributed by atoms with Crippen LogP contribution in [0, 0.1) is 5.41 Å². The van der Waals surface area contributed by atoms with Crippen molar-refractivity contribution >= 4 is 5.57 Å². The minimum Gasteiger partial charge on any atom is -0.228 e. The molecule has 1 aromatic heterocycles. The van der Waals surface area contributed by atoms with Crippen molar-refractivity contribution in [1.82, 2.24) is 9.97 Å². The molecular weight excluding hydrogens is 761 g/mol. The van der Waals surface area contributed by atoms with Gasteiger partial charge in [-0.3, -0.25) is 0 Å². The number of nitrogens with zero attached hydrogens (tertiary/aromatic N) is 2. The van der Waals surface area contributed by atoms with E-state index in [1.54, 1.807) is 0 Å². The summed E-state index contributed by atoms with van der Waals surface area (Å²) in [6.07, 6.45) is 8.00. The smallest absolute Gasteiger partial charge is 0.160 e. The molecule has 0 fully saturated rings. The van der Waals surface area contributed by atoms with Gasteiger partial charge in [0, 0.05) is 22.1 Å². The highest BCUT2D eigenvalue weighted by molar-refractivity contribution is 5.94. The fraction of sp³-hybridized carbons (Fsp3) is 0.0820. The van der Waals surface area contributed by atoms with Crippen LogP contribution in [0.5, 0.6) is 0 Å². The van der Waals surface area contributed by atoms with Gasteiger partial charge in [-0.1, -0.05) is 219 Å². The molecule has 63 heavy (non-hydrogen) atoms. The van der Waals surface area contributed by atoms with Crippen LogP contribution in [0.4, 0.5) is 0 Å². The van der Waals surface area contributed by atoms with Gasteiger partial charge < -0.3 is 0 Å². The zero-order chi connectivity index (χ0) is 41.8. The number of hydrogen-bond acceptors (Lipinski definition) is 2. The maximum Gasteiger partial charge on any atom is 0.160 e. The van der Waals surface area contributed by atoms with E-state index in [0.717, 1.165) is 40.1 Å². The molecule has 0 aliphatic heterocycles. The SMILES string of the molecule is CC12CC=CC=C1c1ccccc1C21c2ccccc2C2(c3ccccc3-c3ccccc32)c2cc(-c3ccc(-c4nc(-c5ccccc5)cc(-c5ccccc5)n4)cc3)ccc21. The van der Waals surface area contributed by atoms with Crippen LogP contribution in [-0.4, -0.2) is 9.97 Å². The van der Waals surface area contributed by atoms with Crippen LogP contribution in [0.25, 0.3) is 61.7 Å². The van der Waals surface area contributed by atoms with E-state index in [2.05, 4.69) is 219 Å². The molecule has 2 spiro atoms. The van der Waals surface area contributed by atoms with E-state index < -0.39 is 10.8 Å². The van der Waals surface area contributed by atoms with Crippen molar-refractivity contribution in [2.45, 2.75) is 24.2 Å². The lowest BCUT2D eigenvalue weighted by molar-refractivity contribution is 0.308. The van der Waals surface area contributed by atoms with Gasteiger partial charge in [-0.15, -0.1) is 0 Å². The highest BCUT2D eigenvalue weighted by Crippen LogP contribution is 2.73. The van der Waals surface area contributed by atoms with E-state index in [0.29, 0.717) is 5.82 Å². The van der Waals surface area contributed by atoms with Gasteiger partial charge in [0.1, 0.15) is 0 Å². The Hall–Kier alpha value is -7.68. The van der Waals surface area contributed by atoms with Gasteiger partial charge in [-0.2, -0.15) is 0 Å². The monoisotopic (exact) mass is 802 g/mol. The van der Waals surface area contributed by atoms with Crippen LogP contribution in [0.1, 0.15) is 57.9 Å². The second-order valence-electron chi connectivity index (χ2n) is 17.8. The molecule has 0 radical (unpaired) electrons. The third-order valence-corrected chi connectivity index (χ3v) is 14.8. The normalized spacial score (nSPS) is 19.1. The Morgan fingerprint density at radius 2 is 0.873 bits per heavy atom. The predicted octanol–water partition coefficient (Wildman–Crippen LogP) is 14.5. The summed E-state index contributed by atoms with van der Waals surface area (Å²) in [6.45, 7) is 2.53. The Morgan fingerprint density at radius 1 is 0.381 bits per heavy atom. The quantitative estimate of drug-likeness (QED) is 0.177. The summed E-state index contributed by atoms with van der Waals surface area (Å²) in [5, 5.41) is 0. The van der Waals surface area contributed by atoms with E-state index in [-0.39, 0.29) is 5.41 Å². The predicted molar refractivity (Wildman–Crippen MR) is 257 cm³/mol. The van der Waals surface area contributed by atoms with Crippen LogP contribution in [0.15, 0.2) is 224 Å². The molecule has 0 bridgehead atoms. The highest BCUT2D eigenvalue weighted by Gasteiger charge is 2.65. The van der Waals surface area contributed by atoms with Gasteiger partial charge in [0.2, 0.25) is 0 Å². The largest absolute Gasteiger partial charge is 0.228 e. The number of hydrogen-bond donors (Lipinski definition) is 0. The zero-order valence-corrected chi connectivity index (χ0v) is 35.0. The highest BCUT2D eigenvalue weighted by atomic mass is 14.9. The van der Waals surface area contributed by atoms with E-state index in [1.165, 1.54) is 66.8 Å². The third-order valence-electron chi connectivity index (χ3n) is 14.8. The van der Waals surface area contributed by atoms with Gasteiger partial charge in [-0.05, 0) is 90.9 Å². The van der Waals surface area contributed by atoms with Gasteiger partial charge in [-0.25, -0.2) is 9.97 Å². The van der Waals surface area contributed by atoms with Gasteiger partial charge in [0.15, 0.2) is 5.82 Å². The fourth-order valence-corrected chi connectivity index (χ4v) is 12.2. The number of rotatable bonds is 4. The van der Waals surface area contributed by atoms with Crippen LogP contribution < -0.4 is 0 Å². The Kier molecular flexibility index (Phi) is 7.67. The second-order valence-corrected chi connectivity index (χ2v) is 17.8. The lowest BCUT2D eigenvalue weighted by Crippen LogP contribution is -2.50. The second kappa shape index (κ2) is 13.4. The molecule has 4 aliphatic rings. The van der Waals surface area contributed by atoms with Crippen molar-refractivity contribution in [3.63, 3.8) is 0 Å². The molecule has 0 amide bonds. The van der Waals surface area contributed by atoms with Gasteiger partial charge in [0.25, 0.3) is 0 Å². The molecule has 2 atom stereocenters. The maximum atomic E-state index is 5.15. The molecule has 296 valence electrons. The van der Waals surface area contributed by atoms with E-state index >= 15 is 0 Å². The van der Waals surface area contributed by atoms with Crippen molar-refractivity contribution in [2.24, 2.45) is 5.41 Å². The Bertz CT molecular complexity index is 3270. The van der Waals surface area contributed by atoms with Crippen LogP contribution in [0.3, 0.4) is 0 Å². The molecule has 2 unspecified atom stereocenters.